The lowest BCUT2D eigenvalue weighted by Gasteiger charge is -2.25. The number of hydrogen-bond acceptors (Lipinski definition) is 6. The Hall–Kier alpha value is -3.07. The monoisotopic (exact) mass is 613 g/mol. The lowest BCUT2D eigenvalue weighted by atomic mass is 10.0. The van der Waals surface area contributed by atoms with Gasteiger partial charge in [0.2, 0.25) is 0 Å². The van der Waals surface area contributed by atoms with Crippen molar-refractivity contribution in [1.82, 2.24) is 5.16 Å². The van der Waals surface area contributed by atoms with Crippen molar-refractivity contribution in [3.8, 4) is 0 Å². The van der Waals surface area contributed by atoms with Crippen molar-refractivity contribution >= 4 is 38.6 Å². The van der Waals surface area contributed by atoms with E-state index in [4.69, 9.17) is 19.7 Å². The third kappa shape index (κ3) is 10.5. The summed E-state index contributed by atoms with van der Waals surface area (Å²) < 4.78 is 20.3. The third-order valence-electron chi connectivity index (χ3n) is 5.96. The minimum absolute atomic E-state index is 0.294. The highest BCUT2D eigenvalue weighted by molar-refractivity contribution is 9.11. The van der Waals surface area contributed by atoms with Crippen molar-refractivity contribution in [3.63, 3.8) is 0 Å². The number of aliphatic imine (C=N–C) groups is 1. The van der Waals surface area contributed by atoms with Gasteiger partial charge >= 0.3 is 0 Å². The van der Waals surface area contributed by atoms with Crippen LogP contribution in [0.5, 0.6) is 0 Å². The van der Waals surface area contributed by atoms with Gasteiger partial charge in [-0.15, -0.1) is 0 Å². The van der Waals surface area contributed by atoms with E-state index in [0.717, 1.165) is 53.4 Å². The van der Waals surface area contributed by atoms with Crippen molar-refractivity contribution in [1.29, 1.82) is 0 Å². The van der Waals surface area contributed by atoms with E-state index in [0.29, 0.717) is 25.8 Å². The lowest BCUT2D eigenvalue weighted by Crippen LogP contribution is -2.31. The molecule has 0 atom stereocenters. The van der Waals surface area contributed by atoms with Crippen LogP contribution in [0.25, 0.3) is 11.1 Å². The van der Waals surface area contributed by atoms with Crippen LogP contribution < -0.4 is 4.90 Å². The maximum Gasteiger partial charge on any atom is 0.163 e. The molecule has 1 aliphatic heterocycles. The average Bonchev–Trinajstić information content (AvgIpc) is 3.47. The number of aliphatic hydroxyl groups excluding tert-OH is 1. The molecule has 0 spiro atoms. The second kappa shape index (κ2) is 18.3. The number of anilines is 1. The van der Waals surface area contributed by atoms with Crippen molar-refractivity contribution < 1.29 is 19.1 Å². The van der Waals surface area contributed by atoms with Crippen molar-refractivity contribution in [2.24, 2.45) is 4.99 Å². The highest BCUT2D eigenvalue weighted by Crippen LogP contribution is 2.31. The number of unbranched alkanes of at least 4 members (excludes halogenated alkanes) is 1. The van der Waals surface area contributed by atoms with Crippen molar-refractivity contribution in [3.05, 3.63) is 94.7 Å². The fourth-order valence-corrected chi connectivity index (χ4v) is 4.34. The van der Waals surface area contributed by atoms with Crippen LogP contribution in [0.15, 0.2) is 87.0 Å². The van der Waals surface area contributed by atoms with Gasteiger partial charge in [0.25, 0.3) is 0 Å². The first kappa shape index (κ1) is 33.1. The summed E-state index contributed by atoms with van der Waals surface area (Å²) in [6, 6.07) is 8.28. The zero-order chi connectivity index (χ0) is 29.3. The Bertz CT molecular complexity index is 1220. The molecule has 1 aliphatic carbocycles. The summed E-state index contributed by atoms with van der Waals surface area (Å²) >= 11 is 3.53. The highest BCUT2D eigenvalue weighted by Gasteiger charge is 2.15. The molecule has 216 valence electrons. The molecule has 40 heavy (non-hydrogen) atoms. The number of aliphatic hydroxyl groups is 2. The standard InChI is InChI=1S/C28H29BrFN3O3.2C2H6/c29-22-10-8-21(9-11-22)26-19-25(32-36-26)20-5-3-4-18-33(24-14-12-23(30)13-15-24)27(31-17-16-20)6-1-2-7-28(34)35;2*1-2/h3-5,8,10,12-17,19,28,34-35H,1-2,6-7,9,11,18H2;2*1-2H3/b4-3+,17-16+,20-5+,31-27?;;. The van der Waals surface area contributed by atoms with Crippen LogP contribution in [0.4, 0.5) is 10.1 Å². The molecule has 4 rings (SSSR count). The van der Waals surface area contributed by atoms with Gasteiger partial charge in [-0.2, -0.15) is 0 Å². The number of aromatic nitrogens is 1. The zero-order valence-corrected chi connectivity index (χ0v) is 25.4. The number of hydrogen-bond donors (Lipinski definition) is 2. The first-order valence-electron chi connectivity index (χ1n) is 14.0. The van der Waals surface area contributed by atoms with Gasteiger partial charge in [-0.25, -0.2) is 9.38 Å². The smallest absolute Gasteiger partial charge is 0.163 e. The van der Waals surface area contributed by atoms with Gasteiger partial charge in [0.1, 0.15) is 17.3 Å². The maximum absolute atomic E-state index is 13.5. The van der Waals surface area contributed by atoms with Gasteiger partial charge in [0.15, 0.2) is 12.1 Å². The molecule has 0 bridgehead atoms. The number of rotatable bonds is 8. The molecular formula is C32H41BrFN3O3. The molecule has 0 radical (unpaired) electrons. The fourth-order valence-electron chi connectivity index (χ4n) is 4.01. The minimum Gasteiger partial charge on any atom is -0.368 e. The SMILES string of the molecule is CC.CC.OC(O)CCCCC1=N/C=C/C(c2cc(C3=CC=C(Br)CC3)on2)=C\C=C\CN1c1ccc(F)cc1. The van der Waals surface area contributed by atoms with E-state index in [1.165, 1.54) is 16.6 Å². The van der Waals surface area contributed by atoms with E-state index in [-0.39, 0.29) is 5.82 Å². The fraction of sp³-hybridized carbons (Fsp3) is 0.375. The van der Waals surface area contributed by atoms with Gasteiger partial charge in [0.05, 0.1) is 0 Å². The Labute approximate surface area is 246 Å². The third-order valence-corrected chi connectivity index (χ3v) is 6.62. The summed E-state index contributed by atoms with van der Waals surface area (Å²) in [4.78, 5) is 6.78. The molecular weight excluding hydrogens is 573 g/mol. The molecule has 2 aromatic rings. The number of allylic oxidation sites excluding steroid dienone is 8. The molecule has 0 fully saturated rings. The van der Waals surface area contributed by atoms with E-state index in [9.17, 15) is 4.39 Å². The van der Waals surface area contributed by atoms with E-state index >= 15 is 0 Å². The summed E-state index contributed by atoms with van der Waals surface area (Å²) in [5.41, 5.74) is 3.55. The van der Waals surface area contributed by atoms with E-state index in [2.05, 4.69) is 21.1 Å². The quantitative estimate of drug-likeness (QED) is 0.230. The van der Waals surface area contributed by atoms with Crippen molar-refractivity contribution in [2.75, 3.05) is 11.4 Å². The van der Waals surface area contributed by atoms with E-state index in [1.54, 1.807) is 18.3 Å². The molecule has 2 aliphatic rings. The van der Waals surface area contributed by atoms with Gasteiger partial charge < -0.3 is 19.6 Å². The van der Waals surface area contributed by atoms with E-state index < -0.39 is 6.29 Å². The second-order valence-electron chi connectivity index (χ2n) is 8.61. The highest BCUT2D eigenvalue weighted by atomic mass is 79.9. The summed E-state index contributed by atoms with van der Waals surface area (Å²) in [7, 11) is 0. The van der Waals surface area contributed by atoms with Gasteiger partial charge in [-0.05, 0) is 72.5 Å². The summed E-state index contributed by atoms with van der Waals surface area (Å²) in [5, 5.41) is 22.6. The van der Waals surface area contributed by atoms with Gasteiger partial charge in [-0.3, -0.25) is 0 Å². The Kier molecular flexibility index (Phi) is 15.2. The topological polar surface area (TPSA) is 82.1 Å². The van der Waals surface area contributed by atoms with Gasteiger partial charge in [0, 0.05) is 36.5 Å². The first-order valence-corrected chi connectivity index (χ1v) is 14.8. The van der Waals surface area contributed by atoms with Crippen molar-refractivity contribution in [2.45, 2.75) is 72.5 Å². The van der Waals surface area contributed by atoms with Crippen LogP contribution in [0.2, 0.25) is 0 Å². The van der Waals surface area contributed by atoms with Crippen LogP contribution in [0.1, 0.15) is 77.7 Å². The maximum atomic E-state index is 13.5. The minimum atomic E-state index is -1.31. The van der Waals surface area contributed by atoms with Crippen LogP contribution >= 0.6 is 15.9 Å². The largest absolute Gasteiger partial charge is 0.368 e. The lowest BCUT2D eigenvalue weighted by molar-refractivity contribution is -0.0464. The van der Waals surface area contributed by atoms with Crippen LogP contribution in [-0.4, -0.2) is 34.0 Å². The molecule has 2 heterocycles. The number of halogens is 2. The summed E-state index contributed by atoms with van der Waals surface area (Å²) in [5.74, 6) is 1.27. The predicted octanol–water partition coefficient (Wildman–Crippen LogP) is 8.57. The number of amidine groups is 1. The molecule has 0 saturated heterocycles. The molecule has 0 unspecified atom stereocenters. The molecule has 0 amide bonds. The Morgan fingerprint density at radius 3 is 2.45 bits per heavy atom. The molecule has 8 heteroatoms. The zero-order valence-electron chi connectivity index (χ0n) is 23.9. The Morgan fingerprint density at radius 1 is 1.02 bits per heavy atom. The summed E-state index contributed by atoms with van der Waals surface area (Å²) in [6.45, 7) is 8.54. The van der Waals surface area contributed by atoms with Crippen LogP contribution in [-0.2, 0) is 0 Å². The second-order valence-corrected chi connectivity index (χ2v) is 9.63. The number of nitrogens with zero attached hydrogens (tertiary/aromatic N) is 3. The molecule has 6 nitrogen and oxygen atoms in total. The van der Waals surface area contributed by atoms with E-state index in [1.807, 2.05) is 75.1 Å². The predicted molar refractivity (Wildman–Crippen MR) is 168 cm³/mol. The summed E-state index contributed by atoms with van der Waals surface area (Å²) in [6.07, 6.45) is 16.5. The molecule has 0 saturated carbocycles. The number of benzene rings is 1. The average molecular weight is 615 g/mol. The molecule has 1 aromatic heterocycles. The van der Waals surface area contributed by atoms with Crippen LogP contribution in [0, 0.1) is 5.82 Å². The Morgan fingerprint density at radius 2 is 1.77 bits per heavy atom. The molecule has 2 N–H and O–H groups in total. The molecule has 1 aromatic carbocycles. The Balaban J connectivity index is 0.00000134. The van der Waals surface area contributed by atoms with Gasteiger partial charge in [-0.1, -0.05) is 79.2 Å². The van der Waals surface area contributed by atoms with Crippen LogP contribution in [0.3, 0.4) is 0 Å². The first-order chi connectivity index (χ1) is 19.5. The normalized spacial score (nSPS) is 18.1.